The number of hydrogen-bond acceptors (Lipinski definition) is 5. The molecule has 1 aromatic carbocycles. The summed E-state index contributed by atoms with van der Waals surface area (Å²) in [7, 11) is 0. The summed E-state index contributed by atoms with van der Waals surface area (Å²) in [5, 5.41) is 8.82. The van der Waals surface area contributed by atoms with Gasteiger partial charge in [0.1, 0.15) is 13.2 Å². The Bertz CT molecular complexity index is 656. The first-order valence-corrected chi connectivity index (χ1v) is 7.82. The van der Waals surface area contributed by atoms with Crippen LogP contribution in [-0.4, -0.2) is 60.9 Å². The average molecular weight is 333 g/mol. The third-order valence-electron chi connectivity index (χ3n) is 3.84. The normalized spacial score (nSPS) is 20.2. The molecule has 2 aliphatic heterocycles. The van der Waals surface area contributed by atoms with Crippen molar-refractivity contribution in [3.63, 3.8) is 0 Å². The minimum Gasteiger partial charge on any atom is -0.486 e. The van der Waals surface area contributed by atoms with Crippen molar-refractivity contribution in [1.29, 1.82) is 0 Å². The van der Waals surface area contributed by atoms with E-state index in [2.05, 4.69) is 0 Å². The molecule has 0 aliphatic carbocycles. The van der Waals surface area contributed by atoms with Gasteiger partial charge in [0.05, 0.1) is 19.1 Å². The van der Waals surface area contributed by atoms with Gasteiger partial charge in [0.2, 0.25) is 5.91 Å². The van der Waals surface area contributed by atoms with Gasteiger partial charge in [-0.05, 0) is 23.8 Å². The summed E-state index contributed by atoms with van der Waals surface area (Å²) in [5.41, 5.74) is 0.836. The highest BCUT2D eigenvalue weighted by molar-refractivity contribution is 5.92. The smallest absolute Gasteiger partial charge is 0.306 e. The number of rotatable bonds is 4. The van der Waals surface area contributed by atoms with Crippen molar-refractivity contribution in [3.8, 4) is 11.5 Å². The van der Waals surface area contributed by atoms with Gasteiger partial charge < -0.3 is 24.2 Å². The Balaban J connectivity index is 1.61. The lowest BCUT2D eigenvalue weighted by Gasteiger charge is -2.31. The minimum atomic E-state index is -0.930. The zero-order chi connectivity index (χ0) is 16.9. The molecule has 2 heterocycles. The van der Waals surface area contributed by atoms with Crippen molar-refractivity contribution in [3.05, 3.63) is 29.8 Å². The van der Waals surface area contributed by atoms with Gasteiger partial charge in [0.15, 0.2) is 11.5 Å². The molecular formula is C17H19NO6. The summed E-state index contributed by atoms with van der Waals surface area (Å²) in [4.78, 5) is 24.6. The molecule has 24 heavy (non-hydrogen) atoms. The van der Waals surface area contributed by atoms with Crippen LogP contribution in [0.1, 0.15) is 12.0 Å². The molecule has 7 nitrogen and oxygen atoms in total. The van der Waals surface area contributed by atoms with Gasteiger partial charge in [-0.15, -0.1) is 0 Å². The molecule has 1 atom stereocenters. The number of ether oxygens (including phenoxy) is 3. The Kier molecular flexibility index (Phi) is 5.00. The van der Waals surface area contributed by atoms with Gasteiger partial charge in [0.25, 0.3) is 0 Å². The number of carboxylic acid groups (broad SMARTS) is 1. The molecule has 1 aromatic rings. The van der Waals surface area contributed by atoms with E-state index in [1.807, 2.05) is 18.2 Å². The number of benzene rings is 1. The van der Waals surface area contributed by atoms with E-state index in [1.165, 1.54) is 6.08 Å². The van der Waals surface area contributed by atoms with Crippen LogP contribution in [0.5, 0.6) is 11.5 Å². The zero-order valence-electron chi connectivity index (χ0n) is 13.1. The molecule has 1 saturated heterocycles. The Morgan fingerprint density at radius 3 is 2.79 bits per heavy atom. The van der Waals surface area contributed by atoms with Crippen LogP contribution in [0.25, 0.3) is 6.08 Å². The summed E-state index contributed by atoms with van der Waals surface area (Å²) >= 11 is 0. The van der Waals surface area contributed by atoms with Gasteiger partial charge in [-0.25, -0.2) is 0 Å². The second kappa shape index (κ2) is 7.35. The molecular weight excluding hydrogens is 314 g/mol. The molecule has 1 amide bonds. The predicted molar refractivity (Wildman–Crippen MR) is 85.0 cm³/mol. The Hall–Kier alpha value is -2.54. The third kappa shape index (κ3) is 4.05. The minimum absolute atomic E-state index is 0.102. The first-order valence-electron chi connectivity index (χ1n) is 7.82. The highest BCUT2D eigenvalue weighted by Crippen LogP contribution is 2.31. The van der Waals surface area contributed by atoms with Gasteiger partial charge in [-0.2, -0.15) is 0 Å². The molecule has 0 radical (unpaired) electrons. The van der Waals surface area contributed by atoms with E-state index < -0.39 is 12.1 Å². The van der Waals surface area contributed by atoms with Crippen LogP contribution in [0.4, 0.5) is 0 Å². The van der Waals surface area contributed by atoms with E-state index in [4.69, 9.17) is 19.3 Å². The molecule has 1 N–H and O–H groups in total. The van der Waals surface area contributed by atoms with E-state index in [0.717, 1.165) is 5.56 Å². The lowest BCUT2D eigenvalue weighted by Crippen LogP contribution is -2.45. The van der Waals surface area contributed by atoms with Gasteiger partial charge >= 0.3 is 5.97 Å². The number of aliphatic carboxylic acids is 1. The number of nitrogens with zero attached hydrogens (tertiary/aromatic N) is 1. The van der Waals surface area contributed by atoms with Crippen molar-refractivity contribution < 1.29 is 28.9 Å². The summed E-state index contributed by atoms with van der Waals surface area (Å²) in [6.45, 7) is 2.14. The largest absolute Gasteiger partial charge is 0.486 e. The van der Waals surface area contributed by atoms with Crippen molar-refractivity contribution >= 4 is 18.0 Å². The molecule has 0 bridgehead atoms. The third-order valence-corrected chi connectivity index (χ3v) is 3.84. The molecule has 0 spiro atoms. The summed E-state index contributed by atoms with van der Waals surface area (Å²) in [6.07, 6.45) is 2.63. The van der Waals surface area contributed by atoms with Crippen LogP contribution < -0.4 is 9.47 Å². The first kappa shape index (κ1) is 16.3. The monoisotopic (exact) mass is 333 g/mol. The van der Waals surface area contributed by atoms with Crippen LogP contribution in [-0.2, 0) is 14.3 Å². The van der Waals surface area contributed by atoms with Crippen LogP contribution in [0.15, 0.2) is 24.3 Å². The van der Waals surface area contributed by atoms with E-state index in [9.17, 15) is 9.59 Å². The second-order valence-corrected chi connectivity index (χ2v) is 5.61. The maximum absolute atomic E-state index is 12.3. The second-order valence-electron chi connectivity index (χ2n) is 5.61. The fourth-order valence-electron chi connectivity index (χ4n) is 2.67. The molecule has 0 saturated carbocycles. The predicted octanol–water partition coefficient (Wildman–Crippen LogP) is 1.17. The summed E-state index contributed by atoms with van der Waals surface area (Å²) < 4.78 is 16.3. The molecule has 128 valence electrons. The van der Waals surface area contributed by atoms with Crippen molar-refractivity contribution in [2.75, 3.05) is 32.9 Å². The quantitative estimate of drug-likeness (QED) is 0.833. The van der Waals surface area contributed by atoms with Gasteiger partial charge in [0, 0.05) is 19.2 Å². The SMILES string of the molecule is O=C(O)CC1CN(C(=O)/C=C/c2ccc3c(c2)OCCO3)CCO1. The number of amides is 1. The number of fused-ring (bicyclic) bond motifs is 1. The zero-order valence-corrected chi connectivity index (χ0v) is 13.1. The molecule has 0 aromatic heterocycles. The van der Waals surface area contributed by atoms with E-state index >= 15 is 0 Å². The average Bonchev–Trinajstić information content (AvgIpc) is 2.59. The van der Waals surface area contributed by atoms with E-state index in [-0.39, 0.29) is 18.9 Å². The first-order chi connectivity index (χ1) is 11.6. The van der Waals surface area contributed by atoms with Crippen LogP contribution in [0, 0.1) is 0 Å². The fraction of sp³-hybridized carbons (Fsp3) is 0.412. The van der Waals surface area contributed by atoms with Crippen LogP contribution in [0.2, 0.25) is 0 Å². The molecule has 1 fully saturated rings. The van der Waals surface area contributed by atoms with Crippen LogP contribution >= 0.6 is 0 Å². The van der Waals surface area contributed by atoms with Crippen molar-refractivity contribution in [2.45, 2.75) is 12.5 Å². The number of carbonyl (C=O) groups excluding carboxylic acids is 1. The lowest BCUT2D eigenvalue weighted by molar-refractivity contribution is -0.145. The molecule has 7 heteroatoms. The summed E-state index contributed by atoms with van der Waals surface area (Å²) in [5.74, 6) is 0.280. The Morgan fingerprint density at radius 1 is 1.21 bits per heavy atom. The maximum Gasteiger partial charge on any atom is 0.306 e. The Morgan fingerprint density at radius 2 is 2.00 bits per heavy atom. The summed E-state index contributed by atoms with van der Waals surface area (Å²) in [6, 6.07) is 5.49. The highest BCUT2D eigenvalue weighted by Gasteiger charge is 2.24. The number of hydrogen-bond donors (Lipinski definition) is 1. The van der Waals surface area contributed by atoms with Gasteiger partial charge in [-0.3, -0.25) is 9.59 Å². The van der Waals surface area contributed by atoms with Crippen molar-refractivity contribution in [1.82, 2.24) is 4.90 Å². The van der Waals surface area contributed by atoms with Crippen molar-refractivity contribution in [2.24, 2.45) is 0 Å². The van der Waals surface area contributed by atoms with Crippen LogP contribution in [0.3, 0.4) is 0 Å². The van der Waals surface area contributed by atoms with E-state index in [0.29, 0.717) is 37.9 Å². The Labute approximate surface area is 139 Å². The number of carbonyl (C=O) groups is 2. The maximum atomic E-state index is 12.3. The molecule has 3 rings (SSSR count). The molecule has 1 unspecified atom stereocenters. The number of morpholine rings is 1. The van der Waals surface area contributed by atoms with Gasteiger partial charge in [-0.1, -0.05) is 6.07 Å². The van der Waals surface area contributed by atoms with E-state index in [1.54, 1.807) is 11.0 Å². The number of carboxylic acids is 1. The standard InChI is InChI=1S/C17H19NO6/c19-16(18-5-6-22-13(11-18)10-17(20)21)4-2-12-1-3-14-15(9-12)24-8-7-23-14/h1-4,9,13H,5-8,10-11H2,(H,20,21)/b4-2+. The molecule has 2 aliphatic rings. The highest BCUT2D eigenvalue weighted by atomic mass is 16.6. The lowest BCUT2D eigenvalue weighted by atomic mass is 10.1. The topological polar surface area (TPSA) is 85.3 Å². The fourth-order valence-corrected chi connectivity index (χ4v) is 2.67.